The van der Waals surface area contributed by atoms with Gasteiger partial charge in [-0.2, -0.15) is 0 Å². The summed E-state index contributed by atoms with van der Waals surface area (Å²) in [6.07, 6.45) is 10.3. The minimum absolute atomic E-state index is 0.654. The predicted molar refractivity (Wildman–Crippen MR) is 76.5 cm³/mol. The van der Waals surface area contributed by atoms with Crippen LogP contribution in [-0.2, 0) is 0 Å². The third-order valence-corrected chi connectivity index (χ3v) is 4.95. The largest absolute Gasteiger partial charge is 0.353 e. The van der Waals surface area contributed by atoms with Gasteiger partial charge >= 0.3 is 0 Å². The van der Waals surface area contributed by atoms with Gasteiger partial charge in [-0.25, -0.2) is 4.98 Å². The maximum Gasteiger partial charge on any atom is 0.203 e. The van der Waals surface area contributed by atoms with Crippen molar-refractivity contribution in [3.63, 3.8) is 0 Å². The Morgan fingerprint density at radius 2 is 2.05 bits per heavy atom. The van der Waals surface area contributed by atoms with Crippen LogP contribution in [0.1, 0.15) is 50.3 Å². The Morgan fingerprint density at radius 1 is 1.16 bits per heavy atom. The van der Waals surface area contributed by atoms with Gasteiger partial charge in [0.1, 0.15) is 0 Å². The standard InChI is InChI=1S/C15H24N4/c1-11-10-19(15(16-11)17-12-4-5-12)14-6-8-18-7-2-3-13(18)9-14/h10,12-14H,2-9H2,1H3,(H,16,17). The summed E-state index contributed by atoms with van der Waals surface area (Å²) in [5, 5.41) is 3.60. The van der Waals surface area contributed by atoms with Crippen LogP contribution in [-0.4, -0.2) is 39.6 Å². The molecule has 4 nitrogen and oxygen atoms in total. The Bertz CT molecular complexity index is 463. The van der Waals surface area contributed by atoms with Crippen molar-refractivity contribution in [3.8, 4) is 0 Å². The van der Waals surface area contributed by atoms with Crippen LogP contribution in [0, 0.1) is 6.92 Å². The van der Waals surface area contributed by atoms with Crippen LogP contribution in [0.25, 0.3) is 0 Å². The summed E-state index contributed by atoms with van der Waals surface area (Å²) >= 11 is 0. The first-order chi connectivity index (χ1) is 9.29. The lowest BCUT2D eigenvalue weighted by Gasteiger charge is -2.35. The van der Waals surface area contributed by atoms with Crippen LogP contribution in [0.2, 0.25) is 0 Å². The molecule has 0 spiro atoms. The third kappa shape index (κ3) is 2.27. The van der Waals surface area contributed by atoms with E-state index in [2.05, 4.69) is 32.9 Å². The highest BCUT2D eigenvalue weighted by Crippen LogP contribution is 2.35. The van der Waals surface area contributed by atoms with Gasteiger partial charge in [-0.1, -0.05) is 0 Å². The molecule has 2 aliphatic heterocycles. The Hall–Kier alpha value is -1.03. The normalized spacial score (nSPS) is 31.4. The van der Waals surface area contributed by atoms with Crippen molar-refractivity contribution in [2.75, 3.05) is 18.4 Å². The first-order valence-corrected chi connectivity index (χ1v) is 7.85. The number of anilines is 1. The fourth-order valence-electron chi connectivity index (χ4n) is 3.77. The summed E-state index contributed by atoms with van der Waals surface area (Å²) in [6.45, 7) is 4.71. The molecule has 2 unspecified atom stereocenters. The molecule has 1 N–H and O–H groups in total. The van der Waals surface area contributed by atoms with E-state index >= 15 is 0 Å². The minimum Gasteiger partial charge on any atom is -0.353 e. The number of rotatable bonds is 3. The molecular weight excluding hydrogens is 236 g/mol. The van der Waals surface area contributed by atoms with Gasteiger partial charge in [0.25, 0.3) is 0 Å². The molecule has 0 amide bonds. The highest BCUT2D eigenvalue weighted by atomic mass is 15.3. The number of imidazole rings is 1. The number of fused-ring (bicyclic) bond motifs is 1. The Kier molecular flexibility index (Phi) is 2.79. The van der Waals surface area contributed by atoms with Crippen LogP contribution in [0.4, 0.5) is 5.95 Å². The maximum atomic E-state index is 4.69. The lowest BCUT2D eigenvalue weighted by atomic mass is 9.97. The highest BCUT2D eigenvalue weighted by Gasteiger charge is 2.33. The summed E-state index contributed by atoms with van der Waals surface area (Å²) in [6, 6.07) is 2.17. The van der Waals surface area contributed by atoms with E-state index in [0.29, 0.717) is 12.1 Å². The van der Waals surface area contributed by atoms with E-state index in [0.717, 1.165) is 17.7 Å². The summed E-state index contributed by atoms with van der Waals surface area (Å²) in [5.41, 5.74) is 1.15. The van der Waals surface area contributed by atoms with E-state index in [9.17, 15) is 0 Å². The van der Waals surface area contributed by atoms with E-state index in [1.54, 1.807) is 0 Å². The topological polar surface area (TPSA) is 33.1 Å². The molecule has 1 saturated carbocycles. The van der Waals surface area contributed by atoms with E-state index in [1.165, 1.54) is 51.6 Å². The number of hydrogen-bond acceptors (Lipinski definition) is 3. The zero-order chi connectivity index (χ0) is 12.8. The van der Waals surface area contributed by atoms with E-state index in [4.69, 9.17) is 0 Å². The van der Waals surface area contributed by atoms with Crippen LogP contribution in [0.5, 0.6) is 0 Å². The molecule has 4 rings (SSSR count). The second-order valence-electron chi connectivity index (χ2n) is 6.54. The molecule has 2 saturated heterocycles. The average Bonchev–Trinajstić information content (AvgIpc) is 2.96. The lowest BCUT2D eigenvalue weighted by molar-refractivity contribution is 0.156. The molecule has 0 radical (unpaired) electrons. The van der Waals surface area contributed by atoms with Crippen molar-refractivity contribution in [3.05, 3.63) is 11.9 Å². The predicted octanol–water partition coefficient (Wildman–Crippen LogP) is 2.57. The molecule has 1 aliphatic carbocycles. The number of nitrogens with zero attached hydrogens (tertiary/aromatic N) is 3. The van der Waals surface area contributed by atoms with Gasteiger partial charge in [-0.05, 0) is 52.0 Å². The number of nitrogens with one attached hydrogen (secondary N) is 1. The van der Waals surface area contributed by atoms with Crippen molar-refractivity contribution in [2.45, 2.75) is 63.6 Å². The number of hydrogen-bond donors (Lipinski definition) is 1. The van der Waals surface area contributed by atoms with E-state index < -0.39 is 0 Å². The molecular formula is C15H24N4. The first kappa shape index (κ1) is 11.8. The van der Waals surface area contributed by atoms with Crippen molar-refractivity contribution < 1.29 is 0 Å². The Labute approximate surface area is 115 Å². The fourth-order valence-corrected chi connectivity index (χ4v) is 3.77. The zero-order valence-corrected chi connectivity index (χ0v) is 11.8. The van der Waals surface area contributed by atoms with Crippen LogP contribution in [0.15, 0.2) is 6.20 Å². The van der Waals surface area contributed by atoms with Gasteiger partial charge in [0.05, 0.1) is 5.69 Å². The quantitative estimate of drug-likeness (QED) is 0.906. The van der Waals surface area contributed by atoms with E-state index in [1.807, 2.05) is 0 Å². The van der Waals surface area contributed by atoms with Gasteiger partial charge in [0.2, 0.25) is 5.95 Å². The molecule has 4 heteroatoms. The van der Waals surface area contributed by atoms with E-state index in [-0.39, 0.29) is 0 Å². The van der Waals surface area contributed by atoms with Gasteiger partial charge in [0, 0.05) is 30.9 Å². The molecule has 3 fully saturated rings. The maximum absolute atomic E-state index is 4.69. The van der Waals surface area contributed by atoms with Gasteiger partial charge in [-0.15, -0.1) is 0 Å². The summed E-state index contributed by atoms with van der Waals surface area (Å²) in [5.74, 6) is 1.12. The first-order valence-electron chi connectivity index (χ1n) is 7.85. The van der Waals surface area contributed by atoms with Gasteiger partial charge < -0.3 is 14.8 Å². The smallest absolute Gasteiger partial charge is 0.203 e. The SMILES string of the molecule is Cc1cn(C2CCN3CCCC3C2)c(NC2CC2)n1. The van der Waals surface area contributed by atoms with Gasteiger partial charge in [0.15, 0.2) is 0 Å². The molecule has 1 aromatic rings. The highest BCUT2D eigenvalue weighted by molar-refractivity contribution is 5.33. The monoisotopic (exact) mass is 260 g/mol. The minimum atomic E-state index is 0.654. The summed E-state index contributed by atoms with van der Waals surface area (Å²) in [4.78, 5) is 7.38. The van der Waals surface area contributed by atoms with Crippen molar-refractivity contribution in [2.24, 2.45) is 0 Å². The molecule has 1 aromatic heterocycles. The summed E-state index contributed by atoms with van der Waals surface area (Å²) in [7, 11) is 0. The number of aromatic nitrogens is 2. The molecule has 3 aliphatic rings. The Morgan fingerprint density at radius 3 is 2.89 bits per heavy atom. The second kappa shape index (κ2) is 4.51. The number of aryl methyl sites for hydroxylation is 1. The van der Waals surface area contributed by atoms with Crippen LogP contribution < -0.4 is 5.32 Å². The zero-order valence-electron chi connectivity index (χ0n) is 11.8. The molecule has 3 heterocycles. The Balaban J connectivity index is 1.54. The molecule has 19 heavy (non-hydrogen) atoms. The lowest BCUT2D eigenvalue weighted by Crippen LogP contribution is -2.38. The molecule has 0 bridgehead atoms. The van der Waals surface area contributed by atoms with Crippen LogP contribution >= 0.6 is 0 Å². The second-order valence-corrected chi connectivity index (χ2v) is 6.54. The van der Waals surface area contributed by atoms with Crippen molar-refractivity contribution >= 4 is 5.95 Å². The number of piperidine rings is 1. The molecule has 104 valence electrons. The average molecular weight is 260 g/mol. The fraction of sp³-hybridized carbons (Fsp3) is 0.800. The van der Waals surface area contributed by atoms with Crippen molar-refractivity contribution in [1.82, 2.24) is 14.5 Å². The van der Waals surface area contributed by atoms with Gasteiger partial charge in [-0.3, -0.25) is 0 Å². The van der Waals surface area contributed by atoms with Crippen LogP contribution in [0.3, 0.4) is 0 Å². The van der Waals surface area contributed by atoms with Crippen molar-refractivity contribution in [1.29, 1.82) is 0 Å². The molecule has 0 aromatic carbocycles. The summed E-state index contributed by atoms with van der Waals surface area (Å²) < 4.78 is 2.43. The molecule has 2 atom stereocenters. The third-order valence-electron chi connectivity index (χ3n) is 4.95.